The summed E-state index contributed by atoms with van der Waals surface area (Å²) in [5.74, 6) is -1.52. The number of aromatic nitrogens is 5. The Morgan fingerprint density at radius 2 is 1.93 bits per heavy atom. The van der Waals surface area contributed by atoms with E-state index in [-0.39, 0.29) is 18.1 Å². The van der Waals surface area contributed by atoms with E-state index in [2.05, 4.69) is 25.4 Å². The Labute approximate surface area is 173 Å². The molecular formula is C19H17F3N6OS. The van der Waals surface area contributed by atoms with Gasteiger partial charge in [0.25, 0.3) is 11.6 Å². The lowest BCUT2D eigenvalue weighted by Gasteiger charge is -2.10. The van der Waals surface area contributed by atoms with E-state index >= 15 is 0 Å². The molecule has 4 aromatic rings. The molecule has 0 aliphatic carbocycles. The summed E-state index contributed by atoms with van der Waals surface area (Å²) in [4.78, 5) is 24.3. The zero-order valence-corrected chi connectivity index (χ0v) is 16.9. The number of halogens is 3. The number of hydrogen-bond donors (Lipinski definition) is 1. The summed E-state index contributed by atoms with van der Waals surface area (Å²) in [6.45, 7) is 3.65. The van der Waals surface area contributed by atoms with Crippen molar-refractivity contribution in [1.82, 2.24) is 29.9 Å². The molecule has 0 bridgehead atoms. The van der Waals surface area contributed by atoms with E-state index in [1.165, 1.54) is 11.3 Å². The van der Waals surface area contributed by atoms with Crippen molar-refractivity contribution in [2.75, 3.05) is 0 Å². The number of nitrogens with zero attached hydrogens (tertiary/aromatic N) is 5. The normalized spacial score (nSPS) is 12.0. The van der Waals surface area contributed by atoms with Crippen LogP contribution >= 0.6 is 11.3 Å². The van der Waals surface area contributed by atoms with Gasteiger partial charge in [0, 0.05) is 17.8 Å². The highest BCUT2D eigenvalue weighted by Crippen LogP contribution is 2.27. The molecule has 156 valence electrons. The second-order valence-electron chi connectivity index (χ2n) is 6.76. The predicted molar refractivity (Wildman–Crippen MR) is 105 cm³/mol. The maximum absolute atomic E-state index is 12.9. The van der Waals surface area contributed by atoms with Crippen LogP contribution in [0, 0.1) is 13.8 Å². The summed E-state index contributed by atoms with van der Waals surface area (Å²) in [5.41, 5.74) is 2.58. The molecule has 0 saturated carbocycles. The van der Waals surface area contributed by atoms with Gasteiger partial charge in [-0.25, -0.2) is 14.5 Å². The molecule has 1 N–H and O–H groups in total. The minimum absolute atomic E-state index is 0.110. The minimum atomic E-state index is -4.64. The Morgan fingerprint density at radius 3 is 2.67 bits per heavy atom. The molecule has 30 heavy (non-hydrogen) atoms. The summed E-state index contributed by atoms with van der Waals surface area (Å²) < 4.78 is 40.8. The van der Waals surface area contributed by atoms with E-state index in [9.17, 15) is 18.0 Å². The first kappa shape index (κ1) is 20.2. The largest absolute Gasteiger partial charge is 0.453 e. The van der Waals surface area contributed by atoms with Crippen molar-refractivity contribution in [2.24, 2.45) is 0 Å². The third kappa shape index (κ3) is 3.97. The Hall–Kier alpha value is -3.08. The topological polar surface area (TPSA) is 85.1 Å². The lowest BCUT2D eigenvalue weighted by atomic mass is 10.1. The number of aryl methyl sites for hydroxylation is 2. The fraction of sp³-hybridized carbons (Fsp3) is 0.316. The van der Waals surface area contributed by atoms with Gasteiger partial charge in [-0.1, -0.05) is 12.1 Å². The first-order valence-electron chi connectivity index (χ1n) is 9.13. The molecule has 0 spiro atoms. The molecule has 0 saturated heterocycles. The van der Waals surface area contributed by atoms with Crippen LogP contribution in [0.15, 0.2) is 24.3 Å². The Morgan fingerprint density at radius 1 is 1.17 bits per heavy atom. The molecule has 3 heterocycles. The quantitative estimate of drug-likeness (QED) is 0.519. The first-order valence-corrected chi connectivity index (χ1v) is 9.95. The van der Waals surface area contributed by atoms with Gasteiger partial charge in [-0.15, -0.1) is 16.4 Å². The highest BCUT2D eigenvalue weighted by molar-refractivity contribution is 7.18. The molecule has 1 aromatic carbocycles. The van der Waals surface area contributed by atoms with E-state index in [1.807, 2.05) is 24.3 Å². The van der Waals surface area contributed by atoms with Crippen LogP contribution in [0.3, 0.4) is 0 Å². The smallest absolute Gasteiger partial charge is 0.350 e. The van der Waals surface area contributed by atoms with E-state index in [1.54, 1.807) is 13.8 Å². The number of carbonyl (C=O) groups excluding carboxylic acids is 1. The molecular weight excluding hydrogens is 417 g/mol. The summed E-state index contributed by atoms with van der Waals surface area (Å²) in [6.07, 6.45) is -4.15. The Balaban J connectivity index is 1.44. The molecule has 1 amide bonds. The van der Waals surface area contributed by atoms with E-state index < -0.39 is 12.0 Å². The van der Waals surface area contributed by atoms with Gasteiger partial charge in [0.2, 0.25) is 5.91 Å². The van der Waals surface area contributed by atoms with Gasteiger partial charge < -0.3 is 5.32 Å². The number of nitrogens with one attached hydrogen (secondary N) is 1. The van der Waals surface area contributed by atoms with Crippen LogP contribution in [0.25, 0.3) is 16.0 Å². The van der Waals surface area contributed by atoms with Crippen molar-refractivity contribution in [1.29, 1.82) is 0 Å². The van der Waals surface area contributed by atoms with Crippen molar-refractivity contribution in [3.8, 4) is 0 Å². The highest BCUT2D eigenvalue weighted by atomic mass is 32.1. The van der Waals surface area contributed by atoms with Crippen LogP contribution in [0.5, 0.6) is 0 Å². The zero-order chi connectivity index (χ0) is 21.5. The lowest BCUT2D eigenvalue weighted by Crippen LogP contribution is -2.23. The number of para-hydroxylation sites is 1. The van der Waals surface area contributed by atoms with Crippen molar-refractivity contribution in [3.05, 3.63) is 52.0 Å². The fourth-order valence-electron chi connectivity index (χ4n) is 3.19. The van der Waals surface area contributed by atoms with Crippen LogP contribution in [0.1, 0.15) is 34.2 Å². The second kappa shape index (κ2) is 7.63. The minimum Gasteiger partial charge on any atom is -0.350 e. The molecule has 11 heteroatoms. The molecule has 3 aromatic heterocycles. The van der Waals surface area contributed by atoms with Gasteiger partial charge in [0.15, 0.2) is 0 Å². The SMILES string of the molecule is Cc1nc2nc(C(F)(F)F)nn2c(C)c1CCC(=O)NCc1nc2ccccc2s1. The van der Waals surface area contributed by atoms with E-state index in [0.29, 0.717) is 29.9 Å². The molecule has 4 rings (SSSR count). The maximum Gasteiger partial charge on any atom is 0.453 e. The number of carbonyl (C=O) groups is 1. The number of amides is 1. The third-order valence-electron chi connectivity index (χ3n) is 4.68. The highest BCUT2D eigenvalue weighted by Gasteiger charge is 2.36. The van der Waals surface area contributed by atoms with Gasteiger partial charge in [0.1, 0.15) is 5.01 Å². The fourth-order valence-corrected chi connectivity index (χ4v) is 4.09. The van der Waals surface area contributed by atoms with Gasteiger partial charge >= 0.3 is 6.18 Å². The standard InChI is InChI=1S/C19H17F3N6OS/c1-10-12(11(2)28-18(24-10)26-17(27-28)19(20,21)22)7-8-15(29)23-9-16-25-13-5-3-4-6-14(13)30-16/h3-6H,7-9H2,1-2H3,(H,23,29). The number of hydrogen-bond acceptors (Lipinski definition) is 6. The van der Waals surface area contributed by atoms with Crippen LogP contribution in [-0.2, 0) is 23.9 Å². The van der Waals surface area contributed by atoms with Crippen molar-refractivity contribution in [3.63, 3.8) is 0 Å². The van der Waals surface area contributed by atoms with Gasteiger partial charge in [-0.2, -0.15) is 18.2 Å². The predicted octanol–water partition coefficient (Wildman–Crippen LogP) is 3.62. The van der Waals surface area contributed by atoms with Crippen LogP contribution in [0.2, 0.25) is 0 Å². The Bertz CT molecular complexity index is 1210. The Kier molecular flexibility index (Phi) is 5.14. The van der Waals surface area contributed by atoms with Crippen LogP contribution in [0.4, 0.5) is 13.2 Å². The van der Waals surface area contributed by atoms with Crippen LogP contribution in [-0.4, -0.2) is 30.5 Å². The summed E-state index contributed by atoms with van der Waals surface area (Å²) >= 11 is 1.52. The summed E-state index contributed by atoms with van der Waals surface area (Å²) in [6, 6.07) is 7.74. The summed E-state index contributed by atoms with van der Waals surface area (Å²) in [7, 11) is 0. The monoisotopic (exact) mass is 434 g/mol. The van der Waals surface area contributed by atoms with Crippen LogP contribution < -0.4 is 5.32 Å². The molecule has 0 radical (unpaired) electrons. The van der Waals surface area contributed by atoms with Gasteiger partial charge in [0.05, 0.1) is 16.8 Å². The first-order chi connectivity index (χ1) is 14.2. The maximum atomic E-state index is 12.9. The molecule has 0 aliphatic heterocycles. The molecule has 7 nitrogen and oxygen atoms in total. The zero-order valence-electron chi connectivity index (χ0n) is 16.1. The number of alkyl halides is 3. The average Bonchev–Trinajstić information content (AvgIpc) is 3.29. The molecule has 0 aliphatic rings. The van der Waals surface area contributed by atoms with Crippen molar-refractivity contribution < 1.29 is 18.0 Å². The molecule has 0 fully saturated rings. The van der Waals surface area contributed by atoms with Gasteiger partial charge in [-0.05, 0) is 38.0 Å². The lowest BCUT2D eigenvalue weighted by molar-refractivity contribution is -0.144. The number of benzene rings is 1. The number of thiazole rings is 1. The number of rotatable bonds is 5. The third-order valence-corrected chi connectivity index (χ3v) is 5.72. The van der Waals surface area contributed by atoms with E-state index in [4.69, 9.17) is 0 Å². The molecule has 0 unspecified atom stereocenters. The average molecular weight is 434 g/mol. The van der Waals surface area contributed by atoms with Gasteiger partial charge in [-0.3, -0.25) is 4.79 Å². The second-order valence-corrected chi connectivity index (χ2v) is 7.87. The van der Waals surface area contributed by atoms with Crippen molar-refractivity contribution in [2.45, 2.75) is 39.4 Å². The number of fused-ring (bicyclic) bond motifs is 2. The van der Waals surface area contributed by atoms with E-state index in [0.717, 1.165) is 19.7 Å². The summed E-state index contributed by atoms with van der Waals surface area (Å²) in [5, 5.41) is 7.16. The molecule has 0 atom stereocenters. The van der Waals surface area contributed by atoms with Crippen molar-refractivity contribution >= 4 is 33.2 Å².